The van der Waals surface area contributed by atoms with Crippen molar-refractivity contribution in [3.05, 3.63) is 194 Å². The van der Waals surface area contributed by atoms with Crippen molar-refractivity contribution in [3.63, 3.8) is 0 Å². The van der Waals surface area contributed by atoms with Crippen LogP contribution in [0.2, 0.25) is 0 Å². The molecule has 1 aromatic heterocycles. The SMILES string of the molecule is [2H]c1c([2H])c([2H])c2c(c1[2H])SB1c3c([2H])c(-n4c5c([2H])c([2H])c([2H])c([2H])c5c5c([2H])c([2H])c([2H])c([2H])c54)c([2H])c([2H])c3Oc3c([2H])c([Si](c4ccccc4)(c4ccccc4)c4ccccc4)c([2H])c-2c31. The first-order valence-electron chi connectivity index (χ1n) is 25.3. The Bertz CT molecular complexity index is 3650. The van der Waals surface area contributed by atoms with Crippen molar-refractivity contribution in [1.29, 1.82) is 0 Å². The second-order valence-corrected chi connectivity index (χ2v) is 17.5. The van der Waals surface area contributed by atoms with Crippen molar-refractivity contribution in [2.24, 2.45) is 0 Å². The van der Waals surface area contributed by atoms with Crippen LogP contribution in [0.25, 0.3) is 38.6 Å². The average Bonchev–Trinajstić information content (AvgIpc) is 3.73. The molecule has 0 saturated heterocycles. The van der Waals surface area contributed by atoms with Gasteiger partial charge in [0.2, 0.25) is 0 Å². The van der Waals surface area contributed by atoms with Crippen molar-refractivity contribution >= 4 is 79.2 Å². The molecule has 0 N–H and O–H groups in total. The zero-order chi connectivity index (χ0) is 49.7. The van der Waals surface area contributed by atoms with Gasteiger partial charge in [0.25, 0.3) is 5.99 Å². The Morgan fingerprint density at radius 3 is 1.72 bits per heavy atom. The topological polar surface area (TPSA) is 14.2 Å². The molecule has 0 atom stereocenters. The molecule has 8 aromatic carbocycles. The number of nitrogens with zero attached hydrogens (tertiary/aromatic N) is 1. The monoisotopic (exact) mass is 726 g/mol. The third-order valence-electron chi connectivity index (χ3n) is 9.91. The molecule has 53 heavy (non-hydrogen) atoms. The van der Waals surface area contributed by atoms with E-state index in [1.54, 1.807) is 0 Å². The van der Waals surface area contributed by atoms with E-state index in [-0.39, 0.29) is 77.5 Å². The summed E-state index contributed by atoms with van der Waals surface area (Å²) >= 11 is 0.890. The number of benzene rings is 8. The van der Waals surface area contributed by atoms with Gasteiger partial charge < -0.3 is 9.30 Å². The van der Waals surface area contributed by atoms with Gasteiger partial charge in [0.1, 0.15) is 11.5 Å². The lowest BCUT2D eigenvalue weighted by molar-refractivity contribution is 0.488. The quantitative estimate of drug-likeness (QED) is 0.131. The molecule has 11 rings (SSSR count). The summed E-state index contributed by atoms with van der Waals surface area (Å²) in [6.45, 7) is 0. The van der Waals surface area contributed by atoms with E-state index in [0.29, 0.717) is 0 Å². The highest BCUT2D eigenvalue weighted by Gasteiger charge is 2.45. The Kier molecular flexibility index (Phi) is 4.12. The Hall–Kier alpha value is -6.01. The first-order chi connectivity index (χ1) is 33.4. The van der Waals surface area contributed by atoms with Crippen LogP contribution in [0.1, 0.15) is 23.3 Å². The lowest BCUT2D eigenvalue weighted by Crippen LogP contribution is -2.75. The molecule has 248 valence electrons. The van der Waals surface area contributed by atoms with Crippen molar-refractivity contribution in [3.8, 4) is 28.3 Å². The second kappa shape index (κ2) is 12.0. The largest absolute Gasteiger partial charge is 0.458 e. The van der Waals surface area contributed by atoms with Crippen LogP contribution in [-0.4, -0.2) is 18.6 Å². The molecule has 0 fully saturated rings. The van der Waals surface area contributed by atoms with Crippen LogP contribution in [0, 0.1) is 0 Å². The number of ether oxygens (including phenoxy) is 1. The average molecular weight is 727 g/mol. The first kappa shape index (κ1) is 18.2. The van der Waals surface area contributed by atoms with Gasteiger partial charge >= 0.3 is 0 Å². The summed E-state index contributed by atoms with van der Waals surface area (Å²) < 4.78 is 165. The number of fused-ring (bicyclic) bond motifs is 7. The maximum Gasteiger partial charge on any atom is 0.289 e. The van der Waals surface area contributed by atoms with Gasteiger partial charge in [-0.1, -0.05) is 151 Å². The molecule has 9 aromatic rings. The molecule has 0 aliphatic carbocycles. The normalized spacial score (nSPS) is 17.4. The highest BCUT2D eigenvalue weighted by Crippen LogP contribution is 2.43. The summed E-state index contributed by atoms with van der Waals surface area (Å²) in [5.74, 6) is -1.77. The van der Waals surface area contributed by atoms with Crippen LogP contribution in [0.3, 0.4) is 0 Å². The minimum absolute atomic E-state index is 0.00778. The third kappa shape index (κ3) is 4.54. The predicted molar refractivity (Wildman–Crippen MR) is 227 cm³/mol. The van der Waals surface area contributed by atoms with E-state index in [4.69, 9.17) is 18.4 Å². The molecule has 2 nitrogen and oxygen atoms in total. The lowest BCUT2D eigenvalue weighted by Gasteiger charge is -2.38. The van der Waals surface area contributed by atoms with Gasteiger partial charge in [0, 0.05) is 21.4 Å². The fraction of sp³-hybridized carbons (Fsp3) is 0. The fourth-order valence-electron chi connectivity index (χ4n) is 7.70. The van der Waals surface area contributed by atoms with E-state index in [0.717, 1.165) is 31.7 Å². The number of rotatable bonds is 5. The summed E-state index contributed by atoms with van der Waals surface area (Å²) in [6.07, 6.45) is 0. The molecular weight excluding hydrogens is 677 g/mol. The number of hydrogen-bond donors (Lipinski definition) is 0. The summed E-state index contributed by atoms with van der Waals surface area (Å²) in [5.41, 5.74) is -1.28. The number of aromatic nitrogens is 1. The van der Waals surface area contributed by atoms with Crippen LogP contribution in [0.5, 0.6) is 11.5 Å². The third-order valence-corrected chi connectivity index (χ3v) is 15.8. The standard InChI is InChI=1S/C48H32BNOSSi/c1-4-16-34(17-5-1)53(35-18-6-2-7-19-35,36-20-8-3-9-21-36)37-31-41-40-24-12-15-27-47(40)52-49-42-30-33(28-29-45(42)51-46(32-37)48(41)49)50-43-25-13-10-22-38(43)39-23-11-14-26-44(39)50/h1-32H/i10D,11D,12D,13D,14D,15D,22D,23D,24D,25D,26D,27D,28D,29D,30D,31D,32D. The zero-order valence-corrected chi connectivity index (χ0v) is 29.3. The Balaban J connectivity index is 1.32. The van der Waals surface area contributed by atoms with Crippen LogP contribution in [0.15, 0.2) is 199 Å². The molecule has 0 radical (unpaired) electrons. The Morgan fingerprint density at radius 1 is 0.528 bits per heavy atom. The maximum absolute atomic E-state index is 10.5. The van der Waals surface area contributed by atoms with Crippen LogP contribution in [0.4, 0.5) is 0 Å². The first-order valence-corrected chi connectivity index (χ1v) is 19.7. The molecule has 5 heteroatoms. The molecular formula is C48H32BNOSSi. The van der Waals surface area contributed by atoms with Gasteiger partial charge in [0.05, 0.1) is 34.3 Å². The van der Waals surface area contributed by atoms with E-state index < -0.39 is 110 Å². The molecule has 2 aliphatic heterocycles. The Labute approximate surface area is 338 Å². The zero-order valence-electron chi connectivity index (χ0n) is 44.5. The highest BCUT2D eigenvalue weighted by molar-refractivity contribution is 8.28. The van der Waals surface area contributed by atoms with Gasteiger partial charge in [-0.2, -0.15) is 11.6 Å². The highest BCUT2D eigenvalue weighted by atomic mass is 32.2. The van der Waals surface area contributed by atoms with Gasteiger partial charge in [-0.25, -0.2) is 0 Å². The van der Waals surface area contributed by atoms with Crippen molar-refractivity contribution in [2.75, 3.05) is 0 Å². The van der Waals surface area contributed by atoms with Gasteiger partial charge in [-0.05, 0) is 85.1 Å². The predicted octanol–water partition coefficient (Wildman–Crippen LogP) is 8.15. The summed E-state index contributed by atoms with van der Waals surface area (Å²) in [5, 5.41) is 1.96. The smallest absolute Gasteiger partial charge is 0.289 e. The molecule has 0 amide bonds. The summed E-state index contributed by atoms with van der Waals surface area (Å²) in [4.78, 5) is 0.00778. The Morgan fingerprint density at radius 2 is 1.09 bits per heavy atom. The number of para-hydroxylation sites is 2. The maximum atomic E-state index is 10.5. The second-order valence-electron chi connectivity index (χ2n) is 12.6. The van der Waals surface area contributed by atoms with E-state index in [1.807, 2.05) is 91.0 Å². The number of hydrogen-bond acceptors (Lipinski definition) is 2. The molecule has 3 heterocycles. The molecule has 2 aliphatic rings. The summed E-state index contributed by atoms with van der Waals surface area (Å²) in [6, 6.07) is 18.5. The van der Waals surface area contributed by atoms with E-state index in [2.05, 4.69) is 0 Å². The lowest BCUT2D eigenvalue weighted by atomic mass is 9.57. The van der Waals surface area contributed by atoms with Gasteiger partial charge in [-0.15, -0.1) is 0 Å². The van der Waals surface area contributed by atoms with Crippen LogP contribution < -0.4 is 36.4 Å². The van der Waals surface area contributed by atoms with E-state index >= 15 is 0 Å². The van der Waals surface area contributed by atoms with Crippen LogP contribution in [-0.2, 0) is 0 Å². The summed E-state index contributed by atoms with van der Waals surface area (Å²) in [7, 11) is -3.83. The van der Waals surface area contributed by atoms with E-state index in [1.165, 1.54) is 0 Å². The van der Waals surface area contributed by atoms with Gasteiger partial charge in [-0.3, -0.25) is 0 Å². The van der Waals surface area contributed by atoms with Gasteiger partial charge in [0.15, 0.2) is 8.07 Å². The van der Waals surface area contributed by atoms with Crippen LogP contribution >= 0.6 is 11.6 Å². The molecule has 0 unspecified atom stereocenters. The van der Waals surface area contributed by atoms with Crippen molar-refractivity contribution < 1.29 is 28.0 Å². The molecule has 0 saturated carbocycles. The van der Waals surface area contributed by atoms with Crippen molar-refractivity contribution in [2.45, 2.75) is 4.90 Å². The minimum Gasteiger partial charge on any atom is -0.458 e. The molecule has 0 spiro atoms. The minimum atomic E-state index is -3.83. The fourth-order valence-corrected chi connectivity index (χ4v) is 13.5. The van der Waals surface area contributed by atoms with Crippen molar-refractivity contribution in [1.82, 2.24) is 4.57 Å². The molecule has 0 bridgehead atoms. The van der Waals surface area contributed by atoms with E-state index in [9.17, 15) is 9.60 Å².